The Kier molecular flexibility index (Phi) is 5.62. The van der Waals surface area contributed by atoms with Gasteiger partial charge in [-0.2, -0.15) is 0 Å². The van der Waals surface area contributed by atoms with Crippen LogP contribution in [-0.2, 0) is 0 Å². The zero-order valence-corrected chi connectivity index (χ0v) is 14.1. The third-order valence-corrected chi connectivity index (χ3v) is 3.76. The molecule has 0 radical (unpaired) electrons. The molecule has 2 aromatic rings. The molecule has 1 amide bonds. The maximum atomic E-state index is 12.0. The summed E-state index contributed by atoms with van der Waals surface area (Å²) in [5.74, 6) is 5.95. The monoisotopic (exact) mass is 356 g/mol. The normalized spacial score (nSPS) is 9.59. The largest absolute Gasteiger partial charge is 0.377 e. The highest BCUT2D eigenvalue weighted by molar-refractivity contribution is 9.10. The van der Waals surface area contributed by atoms with Crippen LogP contribution in [0.1, 0.15) is 15.9 Å². The van der Waals surface area contributed by atoms with E-state index >= 15 is 0 Å². The summed E-state index contributed by atoms with van der Waals surface area (Å²) in [5, 5.41) is 2.80. The molecule has 0 heterocycles. The summed E-state index contributed by atoms with van der Waals surface area (Å²) < 4.78 is 0.776. The highest BCUT2D eigenvalue weighted by Gasteiger charge is 2.07. The highest BCUT2D eigenvalue weighted by atomic mass is 79.9. The predicted octanol–water partition coefficient (Wildman–Crippen LogP) is 3.30. The summed E-state index contributed by atoms with van der Waals surface area (Å²) in [5.41, 5.74) is 2.62. The van der Waals surface area contributed by atoms with Crippen LogP contribution >= 0.6 is 15.9 Å². The second-order valence-corrected chi connectivity index (χ2v) is 5.73. The number of rotatable bonds is 3. The molecule has 22 heavy (non-hydrogen) atoms. The summed E-state index contributed by atoms with van der Waals surface area (Å²) in [6.07, 6.45) is 0. The Morgan fingerprint density at radius 2 is 1.82 bits per heavy atom. The Morgan fingerprint density at radius 3 is 2.55 bits per heavy atom. The quantitative estimate of drug-likeness (QED) is 0.855. The summed E-state index contributed by atoms with van der Waals surface area (Å²) in [7, 11) is 3.96. The van der Waals surface area contributed by atoms with Crippen LogP contribution in [0, 0.1) is 11.8 Å². The summed E-state index contributed by atoms with van der Waals surface area (Å²) in [6.45, 7) is 0.307. The first kappa shape index (κ1) is 16.1. The van der Waals surface area contributed by atoms with Crippen molar-refractivity contribution >= 4 is 27.5 Å². The van der Waals surface area contributed by atoms with Gasteiger partial charge in [-0.15, -0.1) is 0 Å². The van der Waals surface area contributed by atoms with Crippen molar-refractivity contribution in [3.63, 3.8) is 0 Å². The number of carbonyl (C=O) groups is 1. The van der Waals surface area contributed by atoms with Crippen molar-refractivity contribution in [3.8, 4) is 11.8 Å². The first-order valence-electron chi connectivity index (χ1n) is 6.87. The molecule has 112 valence electrons. The van der Waals surface area contributed by atoms with Crippen LogP contribution in [0.5, 0.6) is 0 Å². The first-order valence-corrected chi connectivity index (χ1v) is 7.67. The lowest BCUT2D eigenvalue weighted by atomic mass is 10.1. The van der Waals surface area contributed by atoms with Crippen molar-refractivity contribution in [2.75, 3.05) is 25.5 Å². The molecule has 0 aromatic heterocycles. The van der Waals surface area contributed by atoms with Gasteiger partial charge in [0.25, 0.3) is 5.91 Å². The van der Waals surface area contributed by atoms with Gasteiger partial charge in [0.2, 0.25) is 0 Å². The van der Waals surface area contributed by atoms with E-state index in [9.17, 15) is 4.79 Å². The fourth-order valence-corrected chi connectivity index (χ4v) is 2.44. The van der Waals surface area contributed by atoms with E-state index < -0.39 is 0 Å². The van der Waals surface area contributed by atoms with Gasteiger partial charge in [0.15, 0.2) is 0 Å². The number of hydrogen-bond donors (Lipinski definition) is 1. The minimum Gasteiger partial charge on any atom is -0.377 e. The number of halogens is 1. The molecule has 3 nitrogen and oxygen atoms in total. The zero-order chi connectivity index (χ0) is 15.9. The van der Waals surface area contributed by atoms with Crippen LogP contribution in [0.15, 0.2) is 53.0 Å². The Bertz CT molecular complexity index is 729. The van der Waals surface area contributed by atoms with Gasteiger partial charge in [0.1, 0.15) is 0 Å². The number of amides is 1. The fraction of sp³-hybridized carbons (Fsp3) is 0.167. The molecule has 0 spiro atoms. The SMILES string of the molecule is CN(C)c1ccccc1C#CCNC(=O)c1ccccc1Br. The minimum absolute atomic E-state index is 0.136. The molecule has 0 aliphatic rings. The molecule has 1 N–H and O–H groups in total. The van der Waals surface area contributed by atoms with E-state index in [2.05, 4.69) is 33.1 Å². The van der Waals surface area contributed by atoms with Gasteiger partial charge in [0.05, 0.1) is 17.8 Å². The first-order chi connectivity index (χ1) is 10.6. The molecule has 0 saturated heterocycles. The smallest absolute Gasteiger partial charge is 0.253 e. The Labute approximate surface area is 139 Å². The van der Waals surface area contributed by atoms with Crippen LogP contribution in [0.2, 0.25) is 0 Å². The van der Waals surface area contributed by atoms with Gasteiger partial charge >= 0.3 is 0 Å². The van der Waals surface area contributed by atoms with Gasteiger partial charge in [-0.1, -0.05) is 36.1 Å². The maximum Gasteiger partial charge on any atom is 0.253 e. The third-order valence-electron chi connectivity index (χ3n) is 3.06. The van der Waals surface area contributed by atoms with Gasteiger partial charge in [-0.05, 0) is 40.2 Å². The second-order valence-electron chi connectivity index (χ2n) is 4.88. The van der Waals surface area contributed by atoms with Crippen molar-refractivity contribution < 1.29 is 4.79 Å². The van der Waals surface area contributed by atoms with E-state index in [0.29, 0.717) is 12.1 Å². The highest BCUT2D eigenvalue weighted by Crippen LogP contribution is 2.16. The topological polar surface area (TPSA) is 32.3 Å². The number of para-hydroxylation sites is 1. The van der Waals surface area contributed by atoms with E-state index in [-0.39, 0.29) is 5.91 Å². The lowest BCUT2D eigenvalue weighted by Gasteiger charge is -2.13. The van der Waals surface area contributed by atoms with Crippen LogP contribution in [0.3, 0.4) is 0 Å². The minimum atomic E-state index is -0.136. The average molecular weight is 357 g/mol. The van der Waals surface area contributed by atoms with E-state index in [4.69, 9.17) is 0 Å². The Morgan fingerprint density at radius 1 is 1.14 bits per heavy atom. The van der Waals surface area contributed by atoms with Crippen molar-refractivity contribution in [2.24, 2.45) is 0 Å². The molecule has 0 fully saturated rings. The molecule has 4 heteroatoms. The maximum absolute atomic E-state index is 12.0. The van der Waals surface area contributed by atoms with Crippen molar-refractivity contribution in [3.05, 3.63) is 64.1 Å². The number of anilines is 1. The van der Waals surface area contributed by atoms with Crippen LogP contribution in [0.4, 0.5) is 5.69 Å². The Balaban J connectivity index is 2.01. The summed E-state index contributed by atoms with van der Waals surface area (Å²) in [4.78, 5) is 14.1. The Hall–Kier alpha value is -2.25. The fourth-order valence-electron chi connectivity index (χ4n) is 1.97. The molecule has 0 aliphatic carbocycles. The second kappa shape index (κ2) is 7.67. The van der Waals surface area contributed by atoms with E-state index in [0.717, 1.165) is 15.7 Å². The van der Waals surface area contributed by atoms with E-state index in [1.54, 1.807) is 6.07 Å². The standard InChI is InChI=1S/C18H17BrN2O/c1-21(2)17-12-6-3-8-14(17)9-7-13-20-18(22)15-10-4-5-11-16(15)19/h3-6,8,10-12H,13H2,1-2H3,(H,20,22). The van der Waals surface area contributed by atoms with Crippen molar-refractivity contribution in [2.45, 2.75) is 0 Å². The number of hydrogen-bond acceptors (Lipinski definition) is 2. The van der Waals surface area contributed by atoms with Gasteiger partial charge in [-0.3, -0.25) is 4.79 Å². The van der Waals surface area contributed by atoms with E-state index in [1.165, 1.54) is 0 Å². The zero-order valence-electron chi connectivity index (χ0n) is 12.6. The number of nitrogens with zero attached hydrogens (tertiary/aromatic N) is 1. The van der Waals surface area contributed by atoms with Gasteiger partial charge in [-0.25, -0.2) is 0 Å². The molecule has 0 bridgehead atoms. The lowest BCUT2D eigenvalue weighted by molar-refractivity contribution is 0.0958. The lowest BCUT2D eigenvalue weighted by Crippen LogP contribution is -2.23. The van der Waals surface area contributed by atoms with Crippen molar-refractivity contribution in [1.82, 2.24) is 5.32 Å². The van der Waals surface area contributed by atoms with E-state index in [1.807, 2.05) is 61.5 Å². The number of nitrogens with one attached hydrogen (secondary N) is 1. The molecule has 0 aliphatic heterocycles. The molecular weight excluding hydrogens is 340 g/mol. The molecule has 2 rings (SSSR count). The molecular formula is C18H17BrN2O. The van der Waals surface area contributed by atoms with Crippen molar-refractivity contribution in [1.29, 1.82) is 0 Å². The molecule has 2 aromatic carbocycles. The molecule has 0 atom stereocenters. The molecule has 0 saturated carbocycles. The van der Waals surface area contributed by atoms with Gasteiger partial charge < -0.3 is 10.2 Å². The number of benzene rings is 2. The predicted molar refractivity (Wildman–Crippen MR) is 94.1 cm³/mol. The number of carbonyl (C=O) groups excluding carboxylic acids is 1. The van der Waals surface area contributed by atoms with Crippen LogP contribution in [0.25, 0.3) is 0 Å². The molecule has 0 unspecified atom stereocenters. The third kappa shape index (κ3) is 4.12. The average Bonchev–Trinajstić information content (AvgIpc) is 2.52. The summed E-state index contributed by atoms with van der Waals surface area (Å²) >= 11 is 3.37. The van der Waals surface area contributed by atoms with Crippen LogP contribution in [-0.4, -0.2) is 26.5 Å². The summed E-state index contributed by atoms with van der Waals surface area (Å²) in [6, 6.07) is 15.2. The van der Waals surface area contributed by atoms with Crippen LogP contribution < -0.4 is 10.2 Å². The van der Waals surface area contributed by atoms with Gasteiger partial charge in [0, 0.05) is 24.1 Å².